The highest BCUT2D eigenvalue weighted by molar-refractivity contribution is 7.84. The van der Waals surface area contributed by atoms with Crippen LogP contribution in [0.25, 0.3) is 11.0 Å². The number of fused-ring (bicyclic) bond motifs is 1. The predicted molar refractivity (Wildman–Crippen MR) is 79.6 cm³/mol. The fourth-order valence-corrected chi connectivity index (χ4v) is 2.84. The van der Waals surface area contributed by atoms with Crippen molar-refractivity contribution in [1.82, 2.24) is 9.55 Å². The van der Waals surface area contributed by atoms with Gasteiger partial charge in [-0.05, 0) is 18.2 Å². The molecule has 2 rings (SSSR count). The molecule has 0 fully saturated rings. The minimum Gasteiger partial charge on any atom is -0.478 e. The highest BCUT2D eigenvalue weighted by Gasteiger charge is 2.12. The quantitative estimate of drug-likeness (QED) is 0.885. The third-order valence-corrected chi connectivity index (χ3v) is 4.54. The maximum absolute atomic E-state index is 11.6. The topological polar surface area (TPSA) is 72.2 Å². The second-order valence-electron chi connectivity index (χ2n) is 4.47. The van der Waals surface area contributed by atoms with Crippen LogP contribution < -0.4 is 0 Å². The molecule has 0 saturated heterocycles. The Morgan fingerprint density at radius 2 is 2.15 bits per heavy atom. The summed E-state index contributed by atoms with van der Waals surface area (Å²) in [7, 11) is -0.819. The number of aromatic nitrogens is 2. The zero-order valence-corrected chi connectivity index (χ0v) is 12.4. The highest BCUT2D eigenvalue weighted by atomic mass is 32.2. The number of aryl methyl sites for hydroxylation is 2. The lowest BCUT2D eigenvalue weighted by Gasteiger charge is -2.07. The van der Waals surface area contributed by atoms with Gasteiger partial charge in [0.1, 0.15) is 5.82 Å². The van der Waals surface area contributed by atoms with E-state index < -0.39 is 16.8 Å². The molecular formula is C14H18N2O3S. The van der Waals surface area contributed by atoms with Gasteiger partial charge in [0.2, 0.25) is 0 Å². The zero-order valence-electron chi connectivity index (χ0n) is 11.6. The lowest BCUT2D eigenvalue weighted by molar-refractivity contribution is 0.0697. The van der Waals surface area contributed by atoms with Crippen molar-refractivity contribution in [2.45, 2.75) is 26.8 Å². The van der Waals surface area contributed by atoms with Crippen molar-refractivity contribution in [1.29, 1.82) is 0 Å². The van der Waals surface area contributed by atoms with E-state index >= 15 is 0 Å². The van der Waals surface area contributed by atoms with Gasteiger partial charge in [-0.2, -0.15) is 0 Å². The number of carboxylic acid groups (broad SMARTS) is 1. The van der Waals surface area contributed by atoms with E-state index in [-0.39, 0.29) is 5.56 Å². The maximum atomic E-state index is 11.6. The Bertz CT molecular complexity index is 664. The van der Waals surface area contributed by atoms with Crippen LogP contribution in [-0.4, -0.2) is 36.3 Å². The fourth-order valence-electron chi connectivity index (χ4n) is 2.17. The smallest absolute Gasteiger partial charge is 0.335 e. The molecule has 0 bridgehead atoms. The zero-order chi connectivity index (χ0) is 14.7. The normalized spacial score (nSPS) is 12.7. The Balaban J connectivity index is 2.41. The van der Waals surface area contributed by atoms with Crippen LogP contribution in [-0.2, 0) is 23.8 Å². The molecule has 6 heteroatoms. The molecule has 1 aromatic heterocycles. The van der Waals surface area contributed by atoms with E-state index in [9.17, 15) is 9.00 Å². The number of carbonyl (C=O) groups is 1. The van der Waals surface area contributed by atoms with Crippen molar-refractivity contribution in [3.63, 3.8) is 0 Å². The van der Waals surface area contributed by atoms with Crippen LogP contribution in [0.2, 0.25) is 0 Å². The molecule has 1 unspecified atom stereocenters. The number of benzene rings is 1. The number of hydrogen-bond donors (Lipinski definition) is 1. The lowest BCUT2D eigenvalue weighted by atomic mass is 10.2. The molecule has 0 aliphatic carbocycles. The first-order valence-electron chi connectivity index (χ1n) is 6.64. The van der Waals surface area contributed by atoms with Gasteiger partial charge in [0.15, 0.2) is 0 Å². The molecule has 1 heterocycles. The third-order valence-electron chi connectivity index (χ3n) is 3.26. The highest BCUT2D eigenvalue weighted by Crippen LogP contribution is 2.18. The van der Waals surface area contributed by atoms with E-state index in [1.807, 2.05) is 18.4 Å². The molecule has 1 atom stereocenters. The second-order valence-corrected chi connectivity index (χ2v) is 6.34. The molecule has 2 aromatic rings. The van der Waals surface area contributed by atoms with Crippen LogP contribution in [0.15, 0.2) is 18.2 Å². The fraction of sp³-hybridized carbons (Fsp3) is 0.429. The summed E-state index contributed by atoms with van der Waals surface area (Å²) < 4.78 is 13.6. The van der Waals surface area contributed by atoms with E-state index in [0.29, 0.717) is 23.6 Å². The SMILES string of the molecule is CCc1nc2cc(C(=O)O)ccc2n1CCS(=O)CC. The molecule has 0 aliphatic rings. The maximum Gasteiger partial charge on any atom is 0.335 e. The average Bonchev–Trinajstić information content (AvgIpc) is 2.81. The number of nitrogens with zero attached hydrogens (tertiary/aromatic N) is 2. The Morgan fingerprint density at radius 3 is 2.75 bits per heavy atom. The van der Waals surface area contributed by atoms with Crippen LogP contribution in [0.4, 0.5) is 0 Å². The van der Waals surface area contributed by atoms with Gasteiger partial charge in [-0.15, -0.1) is 0 Å². The van der Waals surface area contributed by atoms with Crippen molar-refractivity contribution in [3.05, 3.63) is 29.6 Å². The van der Waals surface area contributed by atoms with Gasteiger partial charge >= 0.3 is 5.97 Å². The third kappa shape index (κ3) is 2.90. The van der Waals surface area contributed by atoms with Gasteiger partial charge in [0.25, 0.3) is 0 Å². The Hall–Kier alpha value is -1.69. The van der Waals surface area contributed by atoms with E-state index in [0.717, 1.165) is 17.8 Å². The summed E-state index contributed by atoms with van der Waals surface area (Å²) in [6.45, 7) is 4.56. The summed E-state index contributed by atoms with van der Waals surface area (Å²) in [4.78, 5) is 15.5. The van der Waals surface area contributed by atoms with Crippen LogP contribution in [0.1, 0.15) is 30.0 Å². The first kappa shape index (κ1) is 14.7. The first-order chi connectivity index (χ1) is 9.56. The molecule has 0 saturated carbocycles. The first-order valence-corrected chi connectivity index (χ1v) is 8.13. The predicted octanol–water partition coefficient (Wildman–Crippen LogP) is 2.07. The van der Waals surface area contributed by atoms with E-state index in [1.54, 1.807) is 18.2 Å². The summed E-state index contributed by atoms with van der Waals surface area (Å²) in [5.74, 6) is 1.19. The van der Waals surface area contributed by atoms with Crippen molar-refractivity contribution in [2.24, 2.45) is 0 Å². The molecule has 0 amide bonds. The molecule has 1 aromatic carbocycles. The van der Waals surface area contributed by atoms with Gasteiger partial charge in [-0.1, -0.05) is 13.8 Å². The Kier molecular flexibility index (Phi) is 4.54. The van der Waals surface area contributed by atoms with Crippen LogP contribution in [0, 0.1) is 0 Å². The van der Waals surface area contributed by atoms with Gasteiger partial charge in [-0.3, -0.25) is 4.21 Å². The number of carboxylic acids is 1. The Morgan fingerprint density at radius 1 is 1.40 bits per heavy atom. The van der Waals surface area contributed by atoms with Crippen molar-refractivity contribution < 1.29 is 14.1 Å². The number of hydrogen-bond acceptors (Lipinski definition) is 3. The number of imidazole rings is 1. The molecule has 0 spiro atoms. The largest absolute Gasteiger partial charge is 0.478 e. The second kappa shape index (κ2) is 6.17. The minimum atomic E-state index is -0.952. The number of rotatable bonds is 6. The van der Waals surface area contributed by atoms with Crippen LogP contribution >= 0.6 is 0 Å². The van der Waals surface area contributed by atoms with Crippen LogP contribution in [0.5, 0.6) is 0 Å². The van der Waals surface area contributed by atoms with Gasteiger partial charge in [0.05, 0.1) is 16.6 Å². The number of aromatic carboxylic acids is 1. The van der Waals surface area contributed by atoms with Gasteiger partial charge < -0.3 is 9.67 Å². The molecule has 5 nitrogen and oxygen atoms in total. The van der Waals surface area contributed by atoms with Crippen molar-refractivity contribution >= 4 is 27.8 Å². The molecule has 0 radical (unpaired) electrons. The van der Waals surface area contributed by atoms with E-state index in [4.69, 9.17) is 5.11 Å². The van der Waals surface area contributed by atoms with E-state index in [2.05, 4.69) is 4.98 Å². The van der Waals surface area contributed by atoms with E-state index in [1.165, 1.54) is 0 Å². The lowest BCUT2D eigenvalue weighted by Crippen LogP contribution is -2.11. The molecule has 0 aliphatic heterocycles. The van der Waals surface area contributed by atoms with Gasteiger partial charge in [-0.25, -0.2) is 9.78 Å². The van der Waals surface area contributed by atoms with Crippen LogP contribution in [0.3, 0.4) is 0 Å². The minimum absolute atomic E-state index is 0.238. The standard InChI is InChI=1S/C14H18N2O3S/c1-3-13-15-11-9-10(14(17)18)5-6-12(11)16(13)7-8-20(19)4-2/h5-6,9H,3-4,7-8H2,1-2H3,(H,17,18). The molecule has 20 heavy (non-hydrogen) atoms. The molecule has 108 valence electrons. The Labute approximate surface area is 120 Å². The summed E-state index contributed by atoms with van der Waals surface area (Å²) in [6, 6.07) is 4.95. The van der Waals surface area contributed by atoms with Gasteiger partial charge in [0, 0.05) is 35.3 Å². The monoisotopic (exact) mass is 294 g/mol. The molecular weight excluding hydrogens is 276 g/mol. The summed E-state index contributed by atoms with van der Waals surface area (Å²) >= 11 is 0. The van der Waals surface area contributed by atoms with Crippen molar-refractivity contribution in [3.8, 4) is 0 Å². The average molecular weight is 294 g/mol. The summed E-state index contributed by atoms with van der Waals surface area (Å²) in [5.41, 5.74) is 1.82. The summed E-state index contributed by atoms with van der Waals surface area (Å²) in [6.07, 6.45) is 0.760. The molecule has 1 N–H and O–H groups in total. The summed E-state index contributed by atoms with van der Waals surface area (Å²) in [5, 5.41) is 9.01. The van der Waals surface area contributed by atoms with Crippen molar-refractivity contribution in [2.75, 3.05) is 11.5 Å².